The number of ether oxygens (including phenoxy) is 3. The van der Waals surface area contributed by atoms with Gasteiger partial charge in [0.2, 0.25) is 0 Å². The van der Waals surface area contributed by atoms with Gasteiger partial charge in [-0.2, -0.15) is 0 Å². The van der Waals surface area contributed by atoms with Gasteiger partial charge in [-0.15, -0.1) is 0 Å². The molecule has 3 rings (SSSR count). The Morgan fingerprint density at radius 2 is 1.65 bits per heavy atom. The smallest absolute Gasteiger partial charge is 0.265 e. The third kappa shape index (κ3) is 6.65. The maximum Gasteiger partial charge on any atom is 0.265 e. The van der Waals surface area contributed by atoms with E-state index in [0.717, 1.165) is 5.56 Å². The van der Waals surface area contributed by atoms with Crippen LogP contribution in [0.2, 0.25) is 5.02 Å². The largest absolute Gasteiger partial charge is 0.493 e. The molecule has 34 heavy (non-hydrogen) atoms. The summed E-state index contributed by atoms with van der Waals surface area (Å²) in [6, 6.07) is 19.2. The van der Waals surface area contributed by atoms with Gasteiger partial charge in [-0.3, -0.25) is 9.59 Å². The van der Waals surface area contributed by atoms with E-state index in [-0.39, 0.29) is 11.8 Å². The van der Waals surface area contributed by atoms with Gasteiger partial charge in [-0.1, -0.05) is 29.8 Å². The number of nitrogens with one attached hydrogen (secondary N) is 2. The topological polar surface area (TPSA) is 85.9 Å². The Hall–Kier alpha value is -3.71. The number of methoxy groups -OCH3 is 2. The molecule has 0 heterocycles. The number of benzene rings is 3. The fourth-order valence-electron chi connectivity index (χ4n) is 3.25. The van der Waals surface area contributed by atoms with Crippen LogP contribution in [0.1, 0.15) is 22.8 Å². The summed E-state index contributed by atoms with van der Waals surface area (Å²) in [6.45, 7) is 2.04. The van der Waals surface area contributed by atoms with E-state index in [0.29, 0.717) is 46.5 Å². The second kappa shape index (κ2) is 12.0. The molecule has 3 aromatic carbocycles. The van der Waals surface area contributed by atoms with E-state index in [2.05, 4.69) is 10.6 Å². The van der Waals surface area contributed by atoms with Crippen LogP contribution in [0.5, 0.6) is 17.2 Å². The van der Waals surface area contributed by atoms with Crippen molar-refractivity contribution in [2.45, 2.75) is 19.4 Å². The van der Waals surface area contributed by atoms with Gasteiger partial charge < -0.3 is 24.8 Å². The van der Waals surface area contributed by atoms with Crippen LogP contribution in [-0.4, -0.2) is 38.7 Å². The molecule has 1 atom stereocenters. The summed E-state index contributed by atoms with van der Waals surface area (Å²) in [5.41, 5.74) is 1.76. The molecule has 0 fully saturated rings. The number of para-hydroxylation sites is 1. The number of halogens is 1. The first kappa shape index (κ1) is 24.9. The van der Waals surface area contributed by atoms with Crippen molar-refractivity contribution in [2.24, 2.45) is 0 Å². The first-order chi connectivity index (χ1) is 16.4. The van der Waals surface area contributed by atoms with Crippen LogP contribution in [0.3, 0.4) is 0 Å². The van der Waals surface area contributed by atoms with E-state index in [9.17, 15) is 9.59 Å². The third-order valence-electron chi connectivity index (χ3n) is 5.07. The monoisotopic (exact) mass is 482 g/mol. The normalized spacial score (nSPS) is 11.3. The second-order valence-corrected chi connectivity index (χ2v) is 7.88. The zero-order valence-electron chi connectivity index (χ0n) is 19.3. The molecule has 0 aliphatic carbocycles. The molecule has 7 nitrogen and oxygen atoms in total. The fourth-order valence-corrected chi connectivity index (χ4v) is 3.37. The van der Waals surface area contributed by atoms with Crippen LogP contribution in [0, 0.1) is 0 Å². The lowest BCUT2D eigenvalue weighted by atomic mass is 10.1. The highest BCUT2D eigenvalue weighted by molar-refractivity contribution is 6.30. The number of hydrogen-bond donors (Lipinski definition) is 2. The average Bonchev–Trinajstić information content (AvgIpc) is 2.85. The van der Waals surface area contributed by atoms with Gasteiger partial charge in [-0.05, 0) is 67.4 Å². The molecule has 0 saturated carbocycles. The molecule has 0 aliphatic rings. The Morgan fingerprint density at radius 3 is 2.35 bits per heavy atom. The van der Waals surface area contributed by atoms with E-state index in [1.165, 1.54) is 0 Å². The van der Waals surface area contributed by atoms with Crippen molar-refractivity contribution in [3.8, 4) is 17.2 Å². The van der Waals surface area contributed by atoms with Crippen molar-refractivity contribution < 1.29 is 23.8 Å². The van der Waals surface area contributed by atoms with Crippen LogP contribution >= 0.6 is 11.6 Å². The van der Waals surface area contributed by atoms with Gasteiger partial charge in [-0.25, -0.2) is 0 Å². The lowest BCUT2D eigenvalue weighted by molar-refractivity contribution is -0.122. The van der Waals surface area contributed by atoms with Crippen molar-refractivity contribution in [1.82, 2.24) is 5.32 Å². The predicted octanol–water partition coefficient (Wildman–Crippen LogP) is 4.74. The highest BCUT2D eigenvalue weighted by atomic mass is 35.5. The van der Waals surface area contributed by atoms with E-state index < -0.39 is 6.10 Å². The van der Waals surface area contributed by atoms with E-state index >= 15 is 0 Å². The van der Waals surface area contributed by atoms with E-state index in [1.54, 1.807) is 69.7 Å². The molecular formula is C26H27ClN2O5. The Kier molecular flexibility index (Phi) is 8.76. The van der Waals surface area contributed by atoms with E-state index in [1.807, 2.05) is 18.2 Å². The molecule has 2 amide bonds. The zero-order chi connectivity index (χ0) is 24.5. The lowest BCUT2D eigenvalue weighted by Gasteiger charge is -2.16. The predicted molar refractivity (Wildman–Crippen MR) is 132 cm³/mol. The summed E-state index contributed by atoms with van der Waals surface area (Å²) in [5, 5.41) is 6.25. The molecule has 0 aromatic heterocycles. The first-order valence-electron chi connectivity index (χ1n) is 10.7. The number of carbonyl (C=O) groups excluding carboxylic acids is 2. The maximum absolute atomic E-state index is 12.8. The Labute approximate surface area is 204 Å². The Bertz CT molecular complexity index is 1130. The zero-order valence-corrected chi connectivity index (χ0v) is 20.0. The minimum Gasteiger partial charge on any atom is -0.493 e. The Morgan fingerprint density at radius 1 is 0.941 bits per heavy atom. The molecular weight excluding hydrogens is 456 g/mol. The summed E-state index contributed by atoms with van der Waals surface area (Å²) in [4.78, 5) is 25.5. The van der Waals surface area contributed by atoms with E-state index in [4.69, 9.17) is 25.8 Å². The highest BCUT2D eigenvalue weighted by Gasteiger charge is 2.18. The quantitative estimate of drug-likeness (QED) is 0.436. The molecule has 8 heteroatoms. The standard InChI is InChI=1S/C26H27ClN2O5/c1-17(34-20-11-9-19(27)10-12-20)25(30)29-22-7-5-4-6-21(22)26(31)28-15-14-18-8-13-23(32-2)24(16-18)33-3/h4-13,16-17H,14-15H2,1-3H3,(H,28,31)(H,29,30)/t17-/m0/s1. The van der Waals surface area contributed by atoms with Crippen LogP contribution in [0.4, 0.5) is 5.69 Å². The van der Waals surface area contributed by atoms with Crippen molar-refractivity contribution in [1.29, 1.82) is 0 Å². The summed E-state index contributed by atoms with van der Waals surface area (Å²) < 4.78 is 16.2. The van der Waals surface area contributed by atoms with Crippen LogP contribution in [-0.2, 0) is 11.2 Å². The number of carbonyl (C=O) groups is 2. The molecule has 0 saturated heterocycles. The second-order valence-electron chi connectivity index (χ2n) is 7.44. The first-order valence-corrected chi connectivity index (χ1v) is 11.1. The van der Waals surface area contributed by atoms with Gasteiger partial charge in [0.05, 0.1) is 25.5 Å². The van der Waals surface area contributed by atoms with Crippen molar-refractivity contribution in [2.75, 3.05) is 26.1 Å². The summed E-state index contributed by atoms with van der Waals surface area (Å²) >= 11 is 5.88. The molecule has 0 aliphatic heterocycles. The highest BCUT2D eigenvalue weighted by Crippen LogP contribution is 2.27. The number of anilines is 1. The summed E-state index contributed by atoms with van der Waals surface area (Å²) in [7, 11) is 3.16. The third-order valence-corrected chi connectivity index (χ3v) is 5.32. The molecule has 0 bridgehead atoms. The lowest BCUT2D eigenvalue weighted by Crippen LogP contribution is -2.32. The van der Waals surface area contributed by atoms with Gasteiger partial charge in [0.25, 0.3) is 11.8 Å². The summed E-state index contributed by atoms with van der Waals surface area (Å²) in [5.74, 6) is 1.14. The molecule has 2 N–H and O–H groups in total. The average molecular weight is 483 g/mol. The SMILES string of the molecule is COc1ccc(CCNC(=O)c2ccccc2NC(=O)[C@H](C)Oc2ccc(Cl)cc2)cc1OC. The number of rotatable bonds is 10. The van der Waals surface area contributed by atoms with Crippen molar-refractivity contribution >= 4 is 29.1 Å². The number of hydrogen-bond acceptors (Lipinski definition) is 5. The van der Waals surface area contributed by atoms with Crippen LogP contribution in [0.25, 0.3) is 0 Å². The number of amides is 2. The molecule has 0 radical (unpaired) electrons. The summed E-state index contributed by atoms with van der Waals surface area (Å²) in [6.07, 6.45) is -0.172. The van der Waals surface area contributed by atoms with Gasteiger partial charge in [0.1, 0.15) is 5.75 Å². The van der Waals surface area contributed by atoms with Gasteiger partial charge in [0.15, 0.2) is 17.6 Å². The van der Waals surface area contributed by atoms with Crippen LogP contribution < -0.4 is 24.8 Å². The minimum atomic E-state index is -0.776. The van der Waals surface area contributed by atoms with Crippen LogP contribution in [0.15, 0.2) is 66.7 Å². The van der Waals surface area contributed by atoms with Gasteiger partial charge >= 0.3 is 0 Å². The minimum absolute atomic E-state index is 0.289. The molecule has 178 valence electrons. The van der Waals surface area contributed by atoms with Crippen molar-refractivity contribution in [3.63, 3.8) is 0 Å². The fraction of sp³-hybridized carbons (Fsp3) is 0.231. The molecule has 3 aromatic rings. The molecule has 0 unspecified atom stereocenters. The molecule has 0 spiro atoms. The Balaban J connectivity index is 1.59. The maximum atomic E-state index is 12.8. The van der Waals surface area contributed by atoms with Gasteiger partial charge in [0, 0.05) is 11.6 Å². The van der Waals surface area contributed by atoms with Crippen molar-refractivity contribution in [3.05, 3.63) is 82.9 Å².